The lowest BCUT2D eigenvalue weighted by atomic mass is 9.99. The lowest BCUT2D eigenvalue weighted by Gasteiger charge is -2.20. The fourth-order valence-electron chi connectivity index (χ4n) is 1.90. The van der Waals surface area contributed by atoms with Gasteiger partial charge in [0.25, 0.3) is 0 Å². The molecule has 1 aromatic rings. The molecule has 1 unspecified atom stereocenters. The van der Waals surface area contributed by atoms with E-state index >= 15 is 0 Å². The van der Waals surface area contributed by atoms with E-state index in [-0.39, 0.29) is 18.9 Å². The summed E-state index contributed by atoms with van der Waals surface area (Å²) in [7, 11) is 0. The van der Waals surface area contributed by atoms with Crippen LogP contribution in [-0.4, -0.2) is 35.7 Å². The Kier molecular flexibility index (Phi) is 3.82. The monoisotopic (exact) mass is 264 g/mol. The molecule has 1 heterocycles. The molecule has 1 aliphatic rings. The largest absolute Gasteiger partial charge is 0.481 e. The zero-order valence-corrected chi connectivity index (χ0v) is 10.4. The quantitative estimate of drug-likeness (QED) is 0.729. The van der Waals surface area contributed by atoms with E-state index in [1.807, 2.05) is 0 Å². The molecule has 0 saturated carbocycles. The van der Waals surface area contributed by atoms with Crippen LogP contribution in [0.15, 0.2) is 24.3 Å². The Bertz CT molecular complexity index is 478. The number of nitrogens with two attached hydrogens (primary N) is 1. The Labute approximate surface area is 110 Å². The maximum absolute atomic E-state index is 12.0. The average Bonchev–Trinajstić information content (AvgIpc) is 2.79. The molecule has 0 bridgehead atoms. The molecule has 6 heteroatoms. The molecule has 0 spiro atoms. The van der Waals surface area contributed by atoms with Gasteiger partial charge >= 0.3 is 5.97 Å². The van der Waals surface area contributed by atoms with Crippen LogP contribution >= 0.6 is 0 Å². The van der Waals surface area contributed by atoms with Crippen LogP contribution in [0.2, 0.25) is 0 Å². The van der Waals surface area contributed by atoms with Gasteiger partial charge in [0, 0.05) is 12.3 Å². The van der Waals surface area contributed by atoms with Gasteiger partial charge in [-0.3, -0.25) is 9.59 Å². The third-order valence-electron chi connectivity index (χ3n) is 3.07. The summed E-state index contributed by atoms with van der Waals surface area (Å²) >= 11 is 0. The van der Waals surface area contributed by atoms with Gasteiger partial charge in [-0.25, -0.2) is 0 Å². The van der Waals surface area contributed by atoms with E-state index in [0.717, 1.165) is 0 Å². The number of hydrogen-bond donors (Lipinski definition) is 3. The summed E-state index contributed by atoms with van der Waals surface area (Å²) in [6.45, 7) is 0.706. The highest BCUT2D eigenvalue weighted by Crippen LogP contribution is 2.18. The van der Waals surface area contributed by atoms with E-state index < -0.39 is 11.5 Å². The molecule has 1 amide bonds. The molecule has 2 rings (SSSR count). The third-order valence-corrected chi connectivity index (χ3v) is 3.07. The van der Waals surface area contributed by atoms with Crippen LogP contribution in [0.4, 0.5) is 5.69 Å². The molecule has 6 nitrogen and oxygen atoms in total. The number of carboxylic acids is 1. The fraction of sp³-hybridized carbons (Fsp3) is 0.385. The van der Waals surface area contributed by atoms with Gasteiger partial charge in [-0.15, -0.1) is 0 Å². The number of carbonyl (C=O) groups excluding carboxylic acids is 1. The molecule has 4 N–H and O–H groups in total. The smallest absolute Gasteiger partial charge is 0.307 e. The number of amides is 1. The van der Waals surface area contributed by atoms with Crippen LogP contribution in [0.1, 0.15) is 12.0 Å². The summed E-state index contributed by atoms with van der Waals surface area (Å²) in [5.41, 5.74) is 6.23. The molecule has 19 heavy (non-hydrogen) atoms. The van der Waals surface area contributed by atoms with Gasteiger partial charge in [0.05, 0.1) is 13.0 Å². The van der Waals surface area contributed by atoms with Crippen LogP contribution in [0.3, 0.4) is 0 Å². The van der Waals surface area contributed by atoms with Crippen LogP contribution in [-0.2, 0) is 20.7 Å². The highest BCUT2D eigenvalue weighted by atomic mass is 16.5. The van der Waals surface area contributed by atoms with Crippen molar-refractivity contribution in [1.29, 1.82) is 0 Å². The van der Waals surface area contributed by atoms with Crippen molar-refractivity contribution in [3.05, 3.63) is 29.8 Å². The molecule has 0 radical (unpaired) electrons. The molecule has 102 valence electrons. The zero-order chi connectivity index (χ0) is 13.9. The summed E-state index contributed by atoms with van der Waals surface area (Å²) < 4.78 is 5.13. The fourth-order valence-corrected chi connectivity index (χ4v) is 1.90. The zero-order valence-electron chi connectivity index (χ0n) is 10.4. The number of carbonyl (C=O) groups is 2. The van der Waals surface area contributed by atoms with Gasteiger partial charge in [0.2, 0.25) is 5.91 Å². The van der Waals surface area contributed by atoms with Crippen molar-refractivity contribution in [1.82, 2.24) is 0 Å². The first-order chi connectivity index (χ1) is 8.99. The second-order valence-corrected chi connectivity index (χ2v) is 4.68. The van der Waals surface area contributed by atoms with Crippen LogP contribution < -0.4 is 11.1 Å². The minimum absolute atomic E-state index is 0.0388. The van der Waals surface area contributed by atoms with E-state index in [4.69, 9.17) is 15.6 Å². The molecule has 1 saturated heterocycles. The average molecular weight is 264 g/mol. The van der Waals surface area contributed by atoms with E-state index in [1.165, 1.54) is 0 Å². The van der Waals surface area contributed by atoms with Crippen molar-refractivity contribution in [3.8, 4) is 0 Å². The summed E-state index contributed by atoms with van der Waals surface area (Å²) in [6.07, 6.45) is 0.457. The van der Waals surface area contributed by atoms with Crippen LogP contribution in [0, 0.1) is 0 Å². The van der Waals surface area contributed by atoms with E-state index in [0.29, 0.717) is 24.3 Å². The normalized spacial score (nSPS) is 22.2. The number of hydrogen-bond acceptors (Lipinski definition) is 4. The van der Waals surface area contributed by atoms with Crippen molar-refractivity contribution < 1.29 is 19.4 Å². The molecule has 1 aliphatic heterocycles. The number of anilines is 1. The van der Waals surface area contributed by atoms with E-state index in [2.05, 4.69) is 5.32 Å². The first-order valence-corrected chi connectivity index (χ1v) is 5.98. The second-order valence-electron chi connectivity index (χ2n) is 4.68. The summed E-state index contributed by atoms with van der Waals surface area (Å²) in [5.74, 6) is -1.17. The Morgan fingerprint density at radius 3 is 2.58 bits per heavy atom. The predicted octanol–water partition coefficient (Wildman–Crippen LogP) is 0.370. The predicted molar refractivity (Wildman–Crippen MR) is 68.8 cm³/mol. The molecule has 1 fully saturated rings. The van der Waals surface area contributed by atoms with Crippen molar-refractivity contribution in [2.45, 2.75) is 18.4 Å². The molecule has 0 aromatic heterocycles. The minimum atomic E-state index is -0.972. The standard InChI is InChI=1S/C13H16N2O4/c14-13(5-6-19-8-13)12(18)15-10-3-1-9(2-4-10)7-11(16)17/h1-4H,5-8,14H2,(H,15,18)(H,16,17). The summed E-state index contributed by atoms with van der Waals surface area (Å²) in [6, 6.07) is 6.65. The molecule has 0 aliphatic carbocycles. The number of nitrogens with one attached hydrogen (secondary N) is 1. The lowest BCUT2D eigenvalue weighted by molar-refractivity contribution is -0.136. The van der Waals surface area contributed by atoms with Crippen molar-refractivity contribution in [3.63, 3.8) is 0 Å². The maximum Gasteiger partial charge on any atom is 0.307 e. The number of aliphatic carboxylic acids is 1. The van der Waals surface area contributed by atoms with Crippen LogP contribution in [0.25, 0.3) is 0 Å². The highest BCUT2D eigenvalue weighted by Gasteiger charge is 2.38. The molecular formula is C13H16N2O4. The number of rotatable bonds is 4. The minimum Gasteiger partial charge on any atom is -0.481 e. The van der Waals surface area contributed by atoms with Gasteiger partial charge < -0.3 is 20.9 Å². The van der Waals surface area contributed by atoms with Gasteiger partial charge in [0.1, 0.15) is 5.54 Å². The van der Waals surface area contributed by atoms with Gasteiger partial charge in [-0.05, 0) is 24.1 Å². The Morgan fingerprint density at radius 1 is 1.37 bits per heavy atom. The SMILES string of the molecule is NC1(C(=O)Nc2ccc(CC(=O)O)cc2)CCOC1. The summed E-state index contributed by atoms with van der Waals surface area (Å²) in [5, 5.41) is 11.4. The second kappa shape index (κ2) is 5.38. The summed E-state index contributed by atoms with van der Waals surface area (Å²) in [4.78, 5) is 22.5. The van der Waals surface area contributed by atoms with Crippen molar-refractivity contribution in [2.75, 3.05) is 18.5 Å². The Morgan fingerprint density at radius 2 is 2.05 bits per heavy atom. The van der Waals surface area contributed by atoms with Gasteiger partial charge in [-0.2, -0.15) is 0 Å². The highest BCUT2D eigenvalue weighted by molar-refractivity contribution is 5.98. The van der Waals surface area contributed by atoms with E-state index in [9.17, 15) is 9.59 Å². The van der Waals surface area contributed by atoms with Crippen molar-refractivity contribution in [2.24, 2.45) is 5.73 Å². The lowest BCUT2D eigenvalue weighted by Crippen LogP contribution is -2.51. The molecule has 1 atom stereocenters. The number of ether oxygens (including phenoxy) is 1. The van der Waals surface area contributed by atoms with Crippen LogP contribution in [0.5, 0.6) is 0 Å². The van der Waals surface area contributed by atoms with E-state index in [1.54, 1.807) is 24.3 Å². The van der Waals surface area contributed by atoms with Gasteiger partial charge in [0.15, 0.2) is 0 Å². The number of benzene rings is 1. The van der Waals surface area contributed by atoms with Crippen molar-refractivity contribution >= 4 is 17.6 Å². The first-order valence-electron chi connectivity index (χ1n) is 5.98. The Hall–Kier alpha value is -1.92. The first kappa shape index (κ1) is 13.5. The maximum atomic E-state index is 12.0. The Balaban J connectivity index is 1.99. The molecule has 1 aromatic carbocycles. The van der Waals surface area contributed by atoms with Gasteiger partial charge in [-0.1, -0.05) is 12.1 Å². The molecular weight excluding hydrogens is 248 g/mol. The third kappa shape index (κ3) is 3.30. The topological polar surface area (TPSA) is 102 Å². The number of carboxylic acid groups (broad SMARTS) is 1.